The van der Waals surface area contributed by atoms with Gasteiger partial charge in [-0.25, -0.2) is 26.9 Å². The Morgan fingerprint density at radius 3 is 2.46 bits per heavy atom. The quantitative estimate of drug-likeness (QED) is 0.802. The van der Waals surface area contributed by atoms with Crippen molar-refractivity contribution in [1.82, 2.24) is 9.71 Å². The molecule has 1 aromatic carbocycles. The van der Waals surface area contributed by atoms with Crippen LogP contribution in [0.5, 0.6) is 0 Å². The molecule has 140 valence electrons. The van der Waals surface area contributed by atoms with Gasteiger partial charge >= 0.3 is 0 Å². The van der Waals surface area contributed by atoms with Crippen LogP contribution in [0.15, 0.2) is 36.5 Å². The van der Waals surface area contributed by atoms with E-state index in [-0.39, 0.29) is 22.7 Å². The van der Waals surface area contributed by atoms with Crippen LogP contribution < -0.4 is 10.0 Å². The molecule has 0 aliphatic rings. The fourth-order valence-electron chi connectivity index (χ4n) is 2.45. The molecular formula is C17H19F2N3O3S. The number of aromatic nitrogens is 1. The Hall–Kier alpha value is -2.39. The van der Waals surface area contributed by atoms with Crippen LogP contribution >= 0.6 is 0 Å². The zero-order chi connectivity index (χ0) is 19.5. The molecule has 0 bridgehead atoms. The molecule has 0 aliphatic heterocycles. The molecular weight excluding hydrogens is 364 g/mol. The Morgan fingerprint density at radius 1 is 1.19 bits per heavy atom. The first-order valence-electron chi connectivity index (χ1n) is 7.68. The average Bonchev–Trinajstić information content (AvgIpc) is 2.56. The number of nitrogens with one attached hydrogen (secondary N) is 2. The molecule has 9 heteroatoms. The Labute approximate surface area is 150 Å². The molecule has 0 atom stereocenters. The van der Waals surface area contributed by atoms with Crippen LogP contribution in [0.25, 0.3) is 0 Å². The fraction of sp³-hybridized carbons (Fsp3) is 0.294. The van der Waals surface area contributed by atoms with E-state index in [4.69, 9.17) is 0 Å². The summed E-state index contributed by atoms with van der Waals surface area (Å²) in [5.41, 5.74) is -0.635. The number of amides is 1. The van der Waals surface area contributed by atoms with E-state index >= 15 is 0 Å². The molecule has 0 saturated carbocycles. The summed E-state index contributed by atoms with van der Waals surface area (Å²) in [4.78, 5) is 15.8. The SMILES string of the molecule is CNS(=O)(=O)CC(C)(C)c1cc(NC(=O)c2ccc(F)cn2)ccc1F. The number of halogens is 2. The maximum atomic E-state index is 14.3. The third kappa shape index (κ3) is 4.83. The molecule has 1 heterocycles. The average molecular weight is 383 g/mol. The van der Waals surface area contributed by atoms with Crippen molar-refractivity contribution in [2.45, 2.75) is 19.3 Å². The highest BCUT2D eigenvalue weighted by Crippen LogP contribution is 2.29. The van der Waals surface area contributed by atoms with Crippen molar-refractivity contribution in [3.63, 3.8) is 0 Å². The Bertz CT molecular complexity index is 913. The summed E-state index contributed by atoms with van der Waals surface area (Å²) in [6.45, 7) is 3.18. The number of carbonyl (C=O) groups excluding carboxylic acids is 1. The van der Waals surface area contributed by atoms with Crippen molar-refractivity contribution in [2.75, 3.05) is 18.1 Å². The molecule has 26 heavy (non-hydrogen) atoms. The van der Waals surface area contributed by atoms with Crippen LogP contribution in [0.4, 0.5) is 14.5 Å². The first-order chi connectivity index (χ1) is 12.0. The van der Waals surface area contributed by atoms with Gasteiger partial charge in [0.2, 0.25) is 10.0 Å². The monoisotopic (exact) mass is 383 g/mol. The van der Waals surface area contributed by atoms with Crippen molar-refractivity contribution in [3.05, 3.63) is 59.4 Å². The maximum Gasteiger partial charge on any atom is 0.274 e. The summed E-state index contributed by atoms with van der Waals surface area (Å²) in [6.07, 6.45) is 0.913. The molecule has 0 unspecified atom stereocenters. The Morgan fingerprint density at radius 2 is 1.88 bits per heavy atom. The smallest absolute Gasteiger partial charge is 0.274 e. The number of hydrogen-bond donors (Lipinski definition) is 2. The molecule has 2 aromatic rings. The summed E-state index contributed by atoms with van der Waals surface area (Å²) in [7, 11) is -2.29. The second kappa shape index (κ2) is 7.46. The summed E-state index contributed by atoms with van der Waals surface area (Å²) in [5, 5.41) is 2.54. The topological polar surface area (TPSA) is 88.2 Å². The lowest BCUT2D eigenvalue weighted by Crippen LogP contribution is -2.35. The minimum Gasteiger partial charge on any atom is -0.321 e. The van der Waals surface area contributed by atoms with Crippen molar-refractivity contribution in [2.24, 2.45) is 0 Å². The largest absolute Gasteiger partial charge is 0.321 e. The molecule has 0 radical (unpaired) electrons. The van der Waals surface area contributed by atoms with E-state index in [1.807, 2.05) is 0 Å². The van der Waals surface area contributed by atoms with E-state index in [9.17, 15) is 22.0 Å². The Kier molecular flexibility index (Phi) is 5.72. The molecule has 0 aliphatic carbocycles. The van der Waals surface area contributed by atoms with Crippen LogP contribution in [0.3, 0.4) is 0 Å². The number of pyridine rings is 1. The number of sulfonamides is 1. The third-order valence-corrected chi connectivity index (χ3v) is 5.50. The predicted molar refractivity (Wildman–Crippen MR) is 94.4 cm³/mol. The third-order valence-electron chi connectivity index (χ3n) is 3.78. The fourth-order valence-corrected chi connectivity index (χ4v) is 3.70. The van der Waals surface area contributed by atoms with Gasteiger partial charge in [-0.1, -0.05) is 13.8 Å². The van der Waals surface area contributed by atoms with Gasteiger partial charge in [-0.15, -0.1) is 0 Å². The van der Waals surface area contributed by atoms with Crippen LogP contribution in [-0.4, -0.2) is 32.1 Å². The van der Waals surface area contributed by atoms with Gasteiger partial charge in [-0.05, 0) is 42.9 Å². The van der Waals surface area contributed by atoms with Crippen molar-refractivity contribution < 1.29 is 22.0 Å². The highest BCUT2D eigenvalue weighted by molar-refractivity contribution is 7.89. The van der Waals surface area contributed by atoms with Crippen LogP contribution in [0, 0.1) is 11.6 Å². The molecule has 0 saturated heterocycles. The van der Waals surface area contributed by atoms with Crippen molar-refractivity contribution in [3.8, 4) is 0 Å². The zero-order valence-corrected chi connectivity index (χ0v) is 15.3. The lowest BCUT2D eigenvalue weighted by atomic mass is 9.86. The van der Waals surface area contributed by atoms with Gasteiger partial charge in [0, 0.05) is 11.1 Å². The first kappa shape index (κ1) is 19.9. The number of hydrogen-bond acceptors (Lipinski definition) is 4. The van der Waals surface area contributed by atoms with E-state index in [2.05, 4.69) is 15.0 Å². The molecule has 0 fully saturated rings. The van der Waals surface area contributed by atoms with E-state index in [0.29, 0.717) is 0 Å². The normalized spacial score (nSPS) is 12.0. The highest BCUT2D eigenvalue weighted by Gasteiger charge is 2.30. The van der Waals surface area contributed by atoms with Crippen LogP contribution in [-0.2, 0) is 15.4 Å². The summed E-state index contributed by atoms with van der Waals surface area (Å²) < 4.78 is 53.0. The van der Waals surface area contributed by atoms with E-state index in [0.717, 1.165) is 18.3 Å². The lowest BCUT2D eigenvalue weighted by Gasteiger charge is -2.26. The van der Waals surface area contributed by atoms with Gasteiger partial charge in [-0.2, -0.15) is 0 Å². The van der Waals surface area contributed by atoms with Crippen LogP contribution in [0.2, 0.25) is 0 Å². The number of anilines is 1. The van der Waals surface area contributed by atoms with Gasteiger partial charge in [0.15, 0.2) is 0 Å². The number of nitrogens with zero attached hydrogens (tertiary/aromatic N) is 1. The van der Waals surface area contributed by atoms with Crippen LogP contribution in [0.1, 0.15) is 29.9 Å². The van der Waals surface area contributed by atoms with Gasteiger partial charge in [0.05, 0.1) is 11.9 Å². The van der Waals surface area contributed by atoms with Crippen molar-refractivity contribution >= 4 is 21.6 Å². The summed E-state index contributed by atoms with van der Waals surface area (Å²) in [5.74, 6) is -2.08. The lowest BCUT2D eigenvalue weighted by molar-refractivity contribution is 0.102. The van der Waals surface area contributed by atoms with E-state index in [1.165, 1.54) is 25.2 Å². The molecule has 0 spiro atoms. The standard InChI is InChI=1S/C17H19F2N3O3S/c1-17(2,10-26(24,25)20-3)13-8-12(5-6-14(13)19)22-16(23)15-7-4-11(18)9-21-15/h4-9,20H,10H2,1-3H3,(H,22,23). The summed E-state index contributed by atoms with van der Waals surface area (Å²) in [6, 6.07) is 6.20. The zero-order valence-electron chi connectivity index (χ0n) is 14.5. The maximum absolute atomic E-state index is 14.3. The number of carbonyl (C=O) groups is 1. The first-order valence-corrected chi connectivity index (χ1v) is 9.33. The van der Waals surface area contributed by atoms with E-state index < -0.39 is 33.0 Å². The molecule has 6 nitrogen and oxygen atoms in total. The van der Waals surface area contributed by atoms with Gasteiger partial charge in [0.1, 0.15) is 17.3 Å². The van der Waals surface area contributed by atoms with Gasteiger partial charge in [-0.3, -0.25) is 4.79 Å². The second-order valence-electron chi connectivity index (χ2n) is 6.36. The second-order valence-corrected chi connectivity index (χ2v) is 8.28. The number of benzene rings is 1. The summed E-state index contributed by atoms with van der Waals surface area (Å²) >= 11 is 0. The van der Waals surface area contributed by atoms with Gasteiger partial charge < -0.3 is 5.32 Å². The van der Waals surface area contributed by atoms with Crippen molar-refractivity contribution in [1.29, 1.82) is 0 Å². The molecule has 2 N–H and O–H groups in total. The molecule has 1 amide bonds. The van der Waals surface area contributed by atoms with Gasteiger partial charge in [0.25, 0.3) is 5.91 Å². The number of rotatable bonds is 6. The van der Waals surface area contributed by atoms with E-state index in [1.54, 1.807) is 13.8 Å². The minimum atomic E-state index is -3.57. The minimum absolute atomic E-state index is 0.00528. The molecule has 1 aromatic heterocycles. The molecule has 2 rings (SSSR count). The Balaban J connectivity index is 2.29. The highest BCUT2D eigenvalue weighted by atomic mass is 32.2. The predicted octanol–water partition coefficient (Wildman–Crippen LogP) is 2.44.